The molecule has 1 saturated heterocycles. The van der Waals surface area contributed by atoms with Gasteiger partial charge in [-0.2, -0.15) is 0 Å². The highest BCUT2D eigenvalue weighted by atomic mass is 16.5. The van der Waals surface area contributed by atoms with E-state index in [0.717, 1.165) is 50.3 Å². The van der Waals surface area contributed by atoms with Crippen molar-refractivity contribution in [1.29, 1.82) is 0 Å². The summed E-state index contributed by atoms with van der Waals surface area (Å²) < 4.78 is 10.8. The molecule has 0 saturated carbocycles. The number of aryl methyl sites for hydroxylation is 2. The van der Waals surface area contributed by atoms with Gasteiger partial charge >= 0.3 is 0 Å². The number of piperazine rings is 1. The molecule has 1 aromatic heterocycles. The Labute approximate surface area is 160 Å². The van der Waals surface area contributed by atoms with Crippen LogP contribution >= 0.6 is 0 Å². The molecule has 0 radical (unpaired) electrons. The van der Waals surface area contributed by atoms with Crippen molar-refractivity contribution < 1.29 is 13.9 Å². The molecule has 1 fully saturated rings. The molecule has 7 nitrogen and oxygen atoms in total. The third kappa shape index (κ3) is 4.86. The Kier molecular flexibility index (Phi) is 6.45. The summed E-state index contributed by atoms with van der Waals surface area (Å²) >= 11 is 0. The highest BCUT2D eigenvalue weighted by molar-refractivity contribution is 5.76. The lowest BCUT2D eigenvalue weighted by atomic mass is 10.1. The monoisotopic (exact) mass is 372 g/mol. The van der Waals surface area contributed by atoms with Gasteiger partial charge in [0.2, 0.25) is 17.7 Å². The van der Waals surface area contributed by atoms with Gasteiger partial charge in [-0.1, -0.05) is 19.1 Å². The van der Waals surface area contributed by atoms with E-state index in [-0.39, 0.29) is 11.9 Å². The summed E-state index contributed by atoms with van der Waals surface area (Å²) in [5.41, 5.74) is 1.15. The summed E-state index contributed by atoms with van der Waals surface area (Å²) in [5, 5.41) is 8.19. The normalized spacial score (nSPS) is 16.3. The van der Waals surface area contributed by atoms with E-state index < -0.39 is 0 Å². The summed E-state index contributed by atoms with van der Waals surface area (Å²) in [6.07, 6.45) is 2.03. The zero-order valence-electron chi connectivity index (χ0n) is 16.4. The summed E-state index contributed by atoms with van der Waals surface area (Å²) in [6.45, 7) is 7.19. The first kappa shape index (κ1) is 19.4. The Hall–Kier alpha value is -2.41. The minimum Gasteiger partial charge on any atom is -0.497 e. The van der Waals surface area contributed by atoms with Gasteiger partial charge < -0.3 is 14.1 Å². The van der Waals surface area contributed by atoms with Crippen LogP contribution in [0.5, 0.6) is 5.75 Å². The summed E-state index contributed by atoms with van der Waals surface area (Å²) in [7, 11) is 1.65. The van der Waals surface area contributed by atoms with Crippen molar-refractivity contribution in [3.8, 4) is 5.75 Å². The number of ether oxygens (including phenoxy) is 1. The maximum Gasteiger partial charge on any atom is 0.233 e. The number of hydrogen-bond donors (Lipinski definition) is 0. The minimum absolute atomic E-state index is 0.0781. The third-order valence-corrected chi connectivity index (χ3v) is 5.14. The van der Waals surface area contributed by atoms with Gasteiger partial charge in [0.1, 0.15) is 5.75 Å². The second-order valence-electron chi connectivity index (χ2n) is 6.83. The highest BCUT2D eigenvalue weighted by Gasteiger charge is 2.27. The van der Waals surface area contributed by atoms with Gasteiger partial charge in [0.15, 0.2) is 0 Å². The number of rotatable bonds is 7. The first-order valence-corrected chi connectivity index (χ1v) is 9.57. The van der Waals surface area contributed by atoms with Crippen LogP contribution in [0.3, 0.4) is 0 Å². The van der Waals surface area contributed by atoms with E-state index in [4.69, 9.17) is 9.15 Å². The molecule has 2 heterocycles. The highest BCUT2D eigenvalue weighted by Crippen LogP contribution is 2.21. The van der Waals surface area contributed by atoms with Gasteiger partial charge in [-0.05, 0) is 31.0 Å². The van der Waals surface area contributed by atoms with Crippen LogP contribution in [0.2, 0.25) is 0 Å². The minimum atomic E-state index is 0.0781. The summed E-state index contributed by atoms with van der Waals surface area (Å²) in [5.74, 6) is 2.38. The number of carbonyl (C=O) groups excluding carboxylic acids is 1. The first-order chi connectivity index (χ1) is 13.1. The van der Waals surface area contributed by atoms with Crippen molar-refractivity contribution in [3.63, 3.8) is 0 Å². The van der Waals surface area contributed by atoms with Crippen LogP contribution in [-0.2, 0) is 17.6 Å². The topological polar surface area (TPSA) is 71.7 Å². The molecule has 0 spiro atoms. The molecule has 146 valence electrons. The quantitative estimate of drug-likeness (QED) is 0.744. The van der Waals surface area contributed by atoms with Crippen molar-refractivity contribution >= 4 is 5.91 Å². The van der Waals surface area contributed by atoms with Gasteiger partial charge in [-0.25, -0.2) is 0 Å². The van der Waals surface area contributed by atoms with Gasteiger partial charge in [0.25, 0.3) is 0 Å². The second-order valence-corrected chi connectivity index (χ2v) is 6.83. The van der Waals surface area contributed by atoms with Crippen LogP contribution in [-0.4, -0.2) is 59.2 Å². The number of aromatic nitrogens is 2. The van der Waals surface area contributed by atoms with E-state index in [9.17, 15) is 4.79 Å². The predicted octanol–water partition coefficient (Wildman–Crippen LogP) is 2.48. The Morgan fingerprint density at radius 1 is 1.19 bits per heavy atom. The molecule has 3 rings (SSSR count). The molecule has 7 heteroatoms. The number of amides is 1. The third-order valence-electron chi connectivity index (χ3n) is 5.14. The van der Waals surface area contributed by atoms with Crippen LogP contribution in [0, 0.1) is 0 Å². The van der Waals surface area contributed by atoms with Gasteiger partial charge in [0, 0.05) is 39.0 Å². The number of methoxy groups -OCH3 is 1. The summed E-state index contributed by atoms with van der Waals surface area (Å²) in [4.78, 5) is 16.8. The fourth-order valence-electron chi connectivity index (χ4n) is 3.29. The lowest BCUT2D eigenvalue weighted by molar-refractivity contribution is -0.133. The number of nitrogens with zero attached hydrogens (tertiary/aromatic N) is 4. The molecule has 1 atom stereocenters. The molecule has 2 aromatic rings. The van der Waals surface area contributed by atoms with Crippen molar-refractivity contribution in [3.05, 3.63) is 41.6 Å². The van der Waals surface area contributed by atoms with E-state index in [0.29, 0.717) is 18.2 Å². The molecule has 1 aliphatic rings. The maximum atomic E-state index is 12.5. The fraction of sp³-hybridized carbons (Fsp3) is 0.550. The largest absolute Gasteiger partial charge is 0.497 e. The standard InChI is InChI=1S/C20H28N4O3/c1-4-18-21-22-20(27-18)15(2)23-11-13-24(14-12-23)19(25)10-7-16-5-8-17(26-3)9-6-16/h5-6,8-9,15H,4,7,10-14H2,1-3H3. The molecule has 1 amide bonds. The Bertz CT molecular complexity index is 736. The molecular formula is C20H28N4O3. The van der Waals surface area contributed by atoms with Crippen molar-refractivity contribution in [1.82, 2.24) is 20.0 Å². The molecule has 1 unspecified atom stereocenters. The summed E-state index contributed by atoms with van der Waals surface area (Å²) in [6, 6.07) is 7.97. The molecule has 0 N–H and O–H groups in total. The maximum absolute atomic E-state index is 12.5. The van der Waals surface area contributed by atoms with Crippen LogP contribution in [0.1, 0.15) is 43.7 Å². The average Bonchev–Trinajstić information content (AvgIpc) is 3.21. The van der Waals surface area contributed by atoms with Crippen LogP contribution in [0.15, 0.2) is 28.7 Å². The predicted molar refractivity (Wildman–Crippen MR) is 102 cm³/mol. The van der Waals surface area contributed by atoms with E-state index in [1.807, 2.05) is 36.1 Å². The van der Waals surface area contributed by atoms with Crippen molar-refractivity contribution in [2.24, 2.45) is 0 Å². The Morgan fingerprint density at radius 3 is 2.48 bits per heavy atom. The van der Waals surface area contributed by atoms with E-state index in [1.54, 1.807) is 7.11 Å². The van der Waals surface area contributed by atoms with Crippen LogP contribution in [0.4, 0.5) is 0 Å². The van der Waals surface area contributed by atoms with Crippen molar-refractivity contribution in [2.75, 3.05) is 33.3 Å². The lowest BCUT2D eigenvalue weighted by Crippen LogP contribution is -2.49. The fourth-order valence-corrected chi connectivity index (χ4v) is 3.29. The number of carbonyl (C=O) groups is 1. The van der Waals surface area contributed by atoms with Gasteiger partial charge in [-0.15, -0.1) is 10.2 Å². The Balaban J connectivity index is 1.45. The molecule has 0 bridgehead atoms. The smallest absolute Gasteiger partial charge is 0.233 e. The van der Waals surface area contributed by atoms with Crippen molar-refractivity contribution in [2.45, 2.75) is 39.2 Å². The lowest BCUT2D eigenvalue weighted by Gasteiger charge is -2.37. The van der Waals surface area contributed by atoms with E-state index in [1.165, 1.54) is 0 Å². The SMILES string of the molecule is CCc1nnc(C(C)N2CCN(C(=O)CCc3ccc(OC)cc3)CC2)o1. The average molecular weight is 372 g/mol. The molecule has 0 aliphatic carbocycles. The Morgan fingerprint density at radius 2 is 1.89 bits per heavy atom. The first-order valence-electron chi connectivity index (χ1n) is 9.57. The molecular weight excluding hydrogens is 344 g/mol. The molecule has 1 aliphatic heterocycles. The van der Waals surface area contributed by atoms with Crippen LogP contribution in [0.25, 0.3) is 0 Å². The van der Waals surface area contributed by atoms with Gasteiger partial charge in [-0.3, -0.25) is 9.69 Å². The molecule has 1 aromatic carbocycles. The number of hydrogen-bond acceptors (Lipinski definition) is 6. The van der Waals surface area contributed by atoms with Crippen LogP contribution < -0.4 is 4.74 Å². The zero-order chi connectivity index (χ0) is 19.2. The van der Waals surface area contributed by atoms with Gasteiger partial charge in [0.05, 0.1) is 13.2 Å². The second kappa shape index (κ2) is 8.99. The molecule has 27 heavy (non-hydrogen) atoms. The zero-order valence-corrected chi connectivity index (χ0v) is 16.4. The van der Waals surface area contributed by atoms with E-state index in [2.05, 4.69) is 22.0 Å². The van der Waals surface area contributed by atoms with E-state index >= 15 is 0 Å². The number of benzene rings is 1.